The predicted molar refractivity (Wildman–Crippen MR) is 158 cm³/mol. The minimum atomic E-state index is -4.00. The molecule has 2 aliphatic rings. The van der Waals surface area contributed by atoms with Gasteiger partial charge in [-0.05, 0) is 12.5 Å². The second kappa shape index (κ2) is 15.6. The van der Waals surface area contributed by atoms with Gasteiger partial charge in [-0.1, -0.05) is 42.5 Å². The van der Waals surface area contributed by atoms with Gasteiger partial charge in [0, 0.05) is 12.3 Å². The van der Waals surface area contributed by atoms with Crippen molar-refractivity contribution in [1.82, 2.24) is 14.5 Å². The molecule has 1 amide bonds. The summed E-state index contributed by atoms with van der Waals surface area (Å²) in [7, 11) is -4.00. The Labute approximate surface area is 262 Å². The summed E-state index contributed by atoms with van der Waals surface area (Å²) in [5, 5.41) is 62.3. The van der Waals surface area contributed by atoms with Crippen molar-refractivity contribution in [2.24, 2.45) is 0 Å². The molecule has 1 unspecified atom stereocenters. The summed E-state index contributed by atoms with van der Waals surface area (Å²) in [5.74, 6) is 0. The highest BCUT2D eigenvalue weighted by atomic mass is 31.2. The van der Waals surface area contributed by atoms with Gasteiger partial charge in [0.25, 0.3) is 5.56 Å². The van der Waals surface area contributed by atoms with Crippen molar-refractivity contribution in [2.75, 3.05) is 26.0 Å². The zero-order valence-corrected chi connectivity index (χ0v) is 25.6. The normalized spacial score (nSPS) is 30.0. The molecule has 254 valence electrons. The summed E-state index contributed by atoms with van der Waals surface area (Å²) in [6.07, 6.45) is -8.58. The Bertz CT molecular complexity index is 1500. The van der Waals surface area contributed by atoms with E-state index >= 15 is 0 Å². The summed E-state index contributed by atoms with van der Waals surface area (Å²) in [6.45, 7) is -0.0562. The molecule has 3 heterocycles. The molecule has 7 N–H and O–H groups in total. The molecule has 0 radical (unpaired) electrons. The lowest BCUT2D eigenvalue weighted by atomic mass is 10.0. The first-order valence-corrected chi connectivity index (χ1v) is 16.2. The number of allylic oxidation sites excluding steroid dienone is 1. The van der Waals surface area contributed by atoms with Crippen molar-refractivity contribution in [3.8, 4) is 0 Å². The lowest BCUT2D eigenvalue weighted by Gasteiger charge is -2.31. The number of H-pyrrole nitrogens is 1. The quantitative estimate of drug-likeness (QED) is 0.0939. The molecule has 0 saturated carbocycles. The van der Waals surface area contributed by atoms with Crippen LogP contribution in [0.5, 0.6) is 0 Å². The maximum atomic E-state index is 13.5. The SMILES string of the molecule is CCOP(=O)(C/C=C/[C@@H]1[C@H](O)[C@@H](O)[C@H]([C@H](O)CO)N1C(=O)OCc1ccccc1)OC[C@H]1O[C@@H](n2ccc(=O)[nH]c2=O)[C@H](O)[C@@H]1O. The van der Waals surface area contributed by atoms with E-state index in [1.165, 1.54) is 12.2 Å². The van der Waals surface area contributed by atoms with Crippen LogP contribution in [0.2, 0.25) is 0 Å². The average molecular weight is 672 g/mol. The van der Waals surface area contributed by atoms with Crippen LogP contribution in [0.4, 0.5) is 4.79 Å². The summed E-state index contributed by atoms with van der Waals surface area (Å²) in [6, 6.07) is 6.98. The van der Waals surface area contributed by atoms with Gasteiger partial charge in [0.15, 0.2) is 6.23 Å². The molecule has 2 fully saturated rings. The van der Waals surface area contributed by atoms with Crippen molar-refractivity contribution in [2.45, 2.75) is 68.5 Å². The summed E-state index contributed by atoms with van der Waals surface area (Å²) in [4.78, 5) is 39.6. The van der Waals surface area contributed by atoms with Crippen LogP contribution in [0.3, 0.4) is 0 Å². The molecule has 4 rings (SSSR count). The highest BCUT2D eigenvalue weighted by Crippen LogP contribution is 2.49. The fourth-order valence-corrected chi connectivity index (χ4v) is 6.71. The molecule has 2 aliphatic heterocycles. The lowest BCUT2D eigenvalue weighted by Crippen LogP contribution is -2.50. The third-order valence-electron chi connectivity index (χ3n) is 7.58. The van der Waals surface area contributed by atoms with E-state index in [0.717, 1.165) is 21.7 Å². The standard InChI is InChI=1S/C28H38N3O14P/c1-2-43-46(41,44-15-19-23(36)25(38)26(45-19)30-11-10-20(34)29-27(30)39)12-6-9-17-22(35)24(37)21(18(33)13-32)31(17)28(40)42-14-16-7-4-3-5-8-16/h3-11,17-19,21-26,32-33,35-38H,2,12-15H2,1H3,(H,29,34,39)/b9-6+/t17-,18-,19-,21+,22+,23-,24+,25-,26-,46?/m1/s1. The molecule has 2 aromatic rings. The minimum Gasteiger partial charge on any atom is -0.445 e. The highest BCUT2D eigenvalue weighted by Gasteiger charge is 2.52. The minimum absolute atomic E-state index is 0.0648. The third kappa shape index (κ3) is 8.01. The fourth-order valence-electron chi connectivity index (χ4n) is 5.28. The molecule has 1 aromatic heterocycles. The van der Waals surface area contributed by atoms with Crippen LogP contribution in [-0.2, 0) is 29.7 Å². The van der Waals surface area contributed by atoms with Gasteiger partial charge in [0.1, 0.15) is 43.2 Å². The fraction of sp³-hybridized carbons (Fsp3) is 0.536. The number of aliphatic hydroxyl groups is 6. The molecule has 1 aromatic carbocycles. The number of ether oxygens (including phenoxy) is 2. The van der Waals surface area contributed by atoms with Gasteiger partial charge in [-0.15, -0.1) is 0 Å². The van der Waals surface area contributed by atoms with Gasteiger partial charge in [-0.2, -0.15) is 0 Å². The molecule has 0 aliphatic carbocycles. The van der Waals surface area contributed by atoms with Crippen LogP contribution < -0.4 is 11.2 Å². The van der Waals surface area contributed by atoms with Gasteiger partial charge < -0.3 is 49.2 Å². The molecular formula is C28H38N3O14P. The number of aliphatic hydroxyl groups excluding tert-OH is 6. The number of benzene rings is 1. The van der Waals surface area contributed by atoms with E-state index < -0.39 is 99.2 Å². The van der Waals surface area contributed by atoms with E-state index in [-0.39, 0.29) is 13.2 Å². The van der Waals surface area contributed by atoms with Gasteiger partial charge in [-0.25, -0.2) is 9.59 Å². The van der Waals surface area contributed by atoms with Crippen LogP contribution in [0.25, 0.3) is 0 Å². The van der Waals surface area contributed by atoms with E-state index in [1.807, 2.05) is 4.98 Å². The van der Waals surface area contributed by atoms with Gasteiger partial charge in [-0.3, -0.25) is 23.8 Å². The van der Waals surface area contributed by atoms with Crippen molar-refractivity contribution in [1.29, 1.82) is 0 Å². The van der Waals surface area contributed by atoms with E-state index in [0.29, 0.717) is 5.56 Å². The number of nitrogens with zero attached hydrogens (tertiary/aromatic N) is 2. The number of carbonyl (C=O) groups excluding carboxylic acids is 1. The van der Waals surface area contributed by atoms with E-state index in [9.17, 15) is 49.6 Å². The molecule has 46 heavy (non-hydrogen) atoms. The predicted octanol–water partition coefficient (Wildman–Crippen LogP) is -1.58. The van der Waals surface area contributed by atoms with Crippen LogP contribution in [0, 0.1) is 0 Å². The van der Waals surface area contributed by atoms with Crippen LogP contribution >= 0.6 is 7.60 Å². The average Bonchev–Trinajstić information content (AvgIpc) is 3.46. The Morgan fingerprint density at radius 1 is 1.07 bits per heavy atom. The smallest absolute Gasteiger partial charge is 0.411 e. The Morgan fingerprint density at radius 3 is 2.43 bits per heavy atom. The molecule has 2 saturated heterocycles. The Balaban J connectivity index is 1.46. The number of amides is 1. The number of carbonyl (C=O) groups is 1. The highest BCUT2D eigenvalue weighted by molar-refractivity contribution is 7.54. The van der Waals surface area contributed by atoms with Gasteiger partial charge >= 0.3 is 19.4 Å². The number of likely N-dealkylation sites (tertiary alicyclic amines) is 1. The van der Waals surface area contributed by atoms with Crippen molar-refractivity contribution in [3.05, 3.63) is 81.1 Å². The third-order valence-corrected chi connectivity index (χ3v) is 9.43. The number of aromatic amines is 1. The maximum absolute atomic E-state index is 13.5. The zero-order chi connectivity index (χ0) is 33.6. The van der Waals surface area contributed by atoms with E-state index in [1.54, 1.807) is 37.3 Å². The number of hydrogen-bond acceptors (Lipinski definition) is 14. The van der Waals surface area contributed by atoms with Crippen LogP contribution in [-0.4, -0.2) is 126 Å². The Hall–Kier alpha value is -3.22. The molecule has 17 nitrogen and oxygen atoms in total. The summed E-state index contributed by atoms with van der Waals surface area (Å²) in [5.41, 5.74) is -0.911. The Morgan fingerprint density at radius 2 is 1.78 bits per heavy atom. The maximum Gasteiger partial charge on any atom is 0.411 e. The molecule has 0 spiro atoms. The van der Waals surface area contributed by atoms with Gasteiger partial charge in [0.05, 0.1) is 38.1 Å². The summed E-state index contributed by atoms with van der Waals surface area (Å²) >= 11 is 0. The largest absolute Gasteiger partial charge is 0.445 e. The topological polar surface area (TPSA) is 251 Å². The number of hydrogen-bond donors (Lipinski definition) is 7. The van der Waals surface area contributed by atoms with Gasteiger partial charge in [0.2, 0.25) is 0 Å². The Kier molecular flexibility index (Phi) is 12.1. The van der Waals surface area contributed by atoms with Crippen molar-refractivity contribution in [3.63, 3.8) is 0 Å². The lowest BCUT2D eigenvalue weighted by molar-refractivity contribution is -0.0529. The molecular weight excluding hydrogens is 633 g/mol. The molecule has 0 bridgehead atoms. The number of rotatable bonds is 13. The van der Waals surface area contributed by atoms with E-state index in [2.05, 4.69) is 0 Å². The van der Waals surface area contributed by atoms with Crippen molar-refractivity contribution < 1.29 is 58.5 Å². The monoisotopic (exact) mass is 671 g/mol. The van der Waals surface area contributed by atoms with E-state index in [4.69, 9.17) is 18.5 Å². The molecule has 10 atom stereocenters. The zero-order valence-electron chi connectivity index (χ0n) is 24.7. The number of nitrogens with one attached hydrogen (secondary N) is 1. The second-order valence-electron chi connectivity index (χ2n) is 10.7. The summed E-state index contributed by atoms with van der Waals surface area (Å²) < 4.78 is 36.2. The first-order chi connectivity index (χ1) is 21.9. The number of aromatic nitrogens is 2. The van der Waals surface area contributed by atoms with Crippen LogP contribution in [0.15, 0.2) is 64.3 Å². The second-order valence-corrected chi connectivity index (χ2v) is 12.8. The first kappa shape index (κ1) is 35.6. The van der Waals surface area contributed by atoms with Crippen LogP contribution in [0.1, 0.15) is 18.7 Å². The first-order valence-electron chi connectivity index (χ1n) is 14.4. The van der Waals surface area contributed by atoms with Crippen molar-refractivity contribution >= 4 is 13.7 Å². The molecule has 18 heteroatoms.